The van der Waals surface area contributed by atoms with Crippen LogP contribution in [0.4, 0.5) is 0 Å². The van der Waals surface area contributed by atoms with Crippen LogP contribution in [0.2, 0.25) is 0 Å². The fourth-order valence-electron chi connectivity index (χ4n) is 3.31. The lowest BCUT2D eigenvalue weighted by atomic mass is 9.94. The quantitative estimate of drug-likeness (QED) is 0.782. The van der Waals surface area contributed by atoms with Gasteiger partial charge >= 0.3 is 0 Å². The van der Waals surface area contributed by atoms with E-state index in [9.17, 15) is 5.11 Å². The topological polar surface area (TPSA) is 23.5 Å². The molecule has 0 bridgehead atoms. The molecule has 2 atom stereocenters. The number of phenolic OH excluding ortho intramolecular Hbond substituents is 1. The summed E-state index contributed by atoms with van der Waals surface area (Å²) in [5.74, 6) is 1.02. The van der Waals surface area contributed by atoms with Gasteiger partial charge in [-0.3, -0.25) is 4.90 Å². The summed E-state index contributed by atoms with van der Waals surface area (Å²) in [7, 11) is 0. The summed E-state index contributed by atoms with van der Waals surface area (Å²) in [5.41, 5.74) is 1.15. The molecule has 0 saturated carbocycles. The van der Waals surface area contributed by atoms with E-state index >= 15 is 0 Å². The van der Waals surface area contributed by atoms with E-state index in [-0.39, 0.29) is 0 Å². The fourth-order valence-corrected chi connectivity index (χ4v) is 3.31. The first-order chi connectivity index (χ1) is 7.84. The lowest BCUT2D eigenvalue weighted by molar-refractivity contribution is 0.197. The van der Waals surface area contributed by atoms with Gasteiger partial charge in [0.05, 0.1) is 0 Å². The molecule has 0 aliphatic carbocycles. The highest BCUT2D eigenvalue weighted by Crippen LogP contribution is 2.38. The Balaban J connectivity index is 1.80. The second-order valence-electron chi connectivity index (χ2n) is 5.14. The van der Waals surface area contributed by atoms with E-state index in [2.05, 4.69) is 11.0 Å². The molecule has 1 aromatic carbocycles. The van der Waals surface area contributed by atoms with E-state index in [0.717, 1.165) is 18.2 Å². The molecule has 86 valence electrons. The molecule has 2 saturated heterocycles. The van der Waals surface area contributed by atoms with E-state index in [0.29, 0.717) is 11.7 Å². The number of hydrogen-bond acceptors (Lipinski definition) is 2. The molecule has 0 aromatic heterocycles. The molecule has 2 heteroatoms. The fraction of sp³-hybridized carbons (Fsp3) is 0.571. The largest absolute Gasteiger partial charge is 0.508 e. The van der Waals surface area contributed by atoms with Crippen molar-refractivity contribution in [1.82, 2.24) is 4.90 Å². The zero-order valence-electron chi connectivity index (χ0n) is 9.60. The Labute approximate surface area is 96.9 Å². The Morgan fingerprint density at radius 2 is 2.06 bits per heavy atom. The van der Waals surface area contributed by atoms with Crippen molar-refractivity contribution in [2.75, 3.05) is 13.1 Å². The molecule has 0 amide bonds. The summed E-state index contributed by atoms with van der Waals surface area (Å²) >= 11 is 0. The molecule has 16 heavy (non-hydrogen) atoms. The second kappa shape index (κ2) is 4.10. The lowest BCUT2D eigenvalue weighted by Gasteiger charge is -2.28. The number of rotatable bonds is 1. The van der Waals surface area contributed by atoms with Crippen molar-refractivity contribution < 1.29 is 5.11 Å². The van der Waals surface area contributed by atoms with Crippen molar-refractivity contribution >= 4 is 0 Å². The molecule has 1 N–H and O–H groups in total. The van der Waals surface area contributed by atoms with Gasteiger partial charge in [-0.2, -0.15) is 0 Å². The minimum atomic E-state index is 0.479. The van der Waals surface area contributed by atoms with Gasteiger partial charge in [0.1, 0.15) is 5.75 Å². The molecule has 0 radical (unpaired) electrons. The molecule has 1 aromatic rings. The van der Waals surface area contributed by atoms with Gasteiger partial charge < -0.3 is 5.11 Å². The zero-order chi connectivity index (χ0) is 11.0. The Bertz CT molecular complexity index is 363. The molecule has 2 unspecified atom stereocenters. The van der Waals surface area contributed by atoms with Crippen LogP contribution in [0, 0.1) is 0 Å². The number of aromatic hydroxyl groups is 1. The van der Waals surface area contributed by atoms with Gasteiger partial charge in [0.25, 0.3) is 0 Å². The van der Waals surface area contributed by atoms with Gasteiger partial charge in [-0.1, -0.05) is 24.6 Å². The van der Waals surface area contributed by atoms with Crippen molar-refractivity contribution in [1.29, 1.82) is 0 Å². The summed E-state index contributed by atoms with van der Waals surface area (Å²) in [6, 6.07) is 8.61. The molecule has 3 rings (SSSR count). The summed E-state index contributed by atoms with van der Waals surface area (Å²) in [6.45, 7) is 2.40. The first-order valence-corrected chi connectivity index (χ1v) is 6.36. The maximum atomic E-state index is 9.89. The molecular weight excluding hydrogens is 198 g/mol. The number of hydrogen-bond donors (Lipinski definition) is 1. The van der Waals surface area contributed by atoms with E-state index in [1.165, 1.54) is 32.2 Å². The smallest absolute Gasteiger partial charge is 0.119 e. The second-order valence-corrected chi connectivity index (χ2v) is 5.14. The Morgan fingerprint density at radius 1 is 1.19 bits per heavy atom. The lowest BCUT2D eigenvalue weighted by Crippen LogP contribution is -2.33. The van der Waals surface area contributed by atoms with Crippen LogP contribution in [-0.4, -0.2) is 29.1 Å². The normalized spacial score (nSPS) is 30.2. The third kappa shape index (κ3) is 1.71. The Kier molecular flexibility index (Phi) is 2.60. The number of benzene rings is 1. The van der Waals surface area contributed by atoms with Gasteiger partial charge in [0.2, 0.25) is 0 Å². The molecule has 2 nitrogen and oxygen atoms in total. The number of fused-ring (bicyclic) bond motifs is 1. The van der Waals surface area contributed by atoms with Crippen molar-refractivity contribution in [2.24, 2.45) is 0 Å². The number of piperidine rings is 1. The maximum absolute atomic E-state index is 9.89. The van der Waals surface area contributed by atoms with Crippen LogP contribution in [0.3, 0.4) is 0 Å². The zero-order valence-corrected chi connectivity index (χ0v) is 9.60. The average molecular weight is 217 g/mol. The molecule has 2 aliphatic rings. The molecular formula is C14H19NO. The minimum Gasteiger partial charge on any atom is -0.508 e. The third-order valence-corrected chi connectivity index (χ3v) is 4.14. The Hall–Kier alpha value is -1.02. The van der Waals surface area contributed by atoms with Gasteiger partial charge in [-0.05, 0) is 37.4 Å². The van der Waals surface area contributed by atoms with Crippen molar-refractivity contribution in [3.05, 3.63) is 29.8 Å². The van der Waals surface area contributed by atoms with Crippen molar-refractivity contribution in [3.63, 3.8) is 0 Å². The summed E-state index contributed by atoms with van der Waals surface area (Å²) in [6.07, 6.45) is 5.32. The first kappa shape index (κ1) is 10.2. The monoisotopic (exact) mass is 217 g/mol. The van der Waals surface area contributed by atoms with Gasteiger partial charge in [0, 0.05) is 18.5 Å². The highest BCUT2D eigenvalue weighted by molar-refractivity contribution is 5.36. The van der Waals surface area contributed by atoms with E-state index in [4.69, 9.17) is 0 Å². The highest BCUT2D eigenvalue weighted by Gasteiger charge is 2.34. The SMILES string of the molecule is Oc1ccccc1C1CC2CCCCN2C1. The highest BCUT2D eigenvalue weighted by atomic mass is 16.3. The first-order valence-electron chi connectivity index (χ1n) is 6.36. The standard InChI is InChI=1S/C14H19NO/c16-14-7-2-1-6-13(14)11-9-12-5-3-4-8-15(12)10-11/h1-2,6-7,11-12,16H,3-5,8-10H2. The van der Waals surface area contributed by atoms with Crippen LogP contribution < -0.4 is 0 Å². The van der Waals surface area contributed by atoms with Crippen LogP contribution in [0.25, 0.3) is 0 Å². The van der Waals surface area contributed by atoms with Gasteiger partial charge in [-0.15, -0.1) is 0 Å². The summed E-state index contributed by atoms with van der Waals surface area (Å²) in [4.78, 5) is 2.61. The maximum Gasteiger partial charge on any atom is 0.119 e. The van der Waals surface area contributed by atoms with E-state index in [1.54, 1.807) is 0 Å². The summed E-state index contributed by atoms with van der Waals surface area (Å²) in [5, 5.41) is 9.89. The van der Waals surface area contributed by atoms with Gasteiger partial charge in [0.15, 0.2) is 0 Å². The van der Waals surface area contributed by atoms with Crippen molar-refractivity contribution in [3.8, 4) is 5.75 Å². The molecule has 0 spiro atoms. The number of nitrogens with zero attached hydrogens (tertiary/aromatic N) is 1. The van der Waals surface area contributed by atoms with Gasteiger partial charge in [-0.25, -0.2) is 0 Å². The molecule has 2 aliphatic heterocycles. The molecule has 2 fully saturated rings. The predicted molar refractivity (Wildman–Crippen MR) is 64.7 cm³/mol. The van der Waals surface area contributed by atoms with E-state index < -0.39 is 0 Å². The van der Waals surface area contributed by atoms with Crippen LogP contribution in [0.5, 0.6) is 5.75 Å². The van der Waals surface area contributed by atoms with Crippen LogP contribution in [-0.2, 0) is 0 Å². The van der Waals surface area contributed by atoms with Crippen LogP contribution in [0.1, 0.15) is 37.2 Å². The van der Waals surface area contributed by atoms with Crippen LogP contribution in [0.15, 0.2) is 24.3 Å². The average Bonchev–Trinajstić information content (AvgIpc) is 2.73. The Morgan fingerprint density at radius 3 is 2.88 bits per heavy atom. The van der Waals surface area contributed by atoms with E-state index in [1.807, 2.05) is 18.2 Å². The number of phenols is 1. The predicted octanol–water partition coefficient (Wildman–Crippen LogP) is 2.73. The minimum absolute atomic E-state index is 0.479. The van der Waals surface area contributed by atoms with Crippen LogP contribution >= 0.6 is 0 Å². The molecule has 2 heterocycles. The summed E-state index contributed by atoms with van der Waals surface area (Å²) < 4.78 is 0. The third-order valence-electron chi connectivity index (χ3n) is 4.14. The number of para-hydroxylation sites is 1. The van der Waals surface area contributed by atoms with Crippen molar-refractivity contribution in [2.45, 2.75) is 37.6 Å².